The normalized spacial score (nSPS) is 10.4. The van der Waals surface area contributed by atoms with Crippen LogP contribution < -0.4 is 4.74 Å². The molecule has 0 saturated heterocycles. The molecule has 3 aromatic rings. The Morgan fingerprint density at radius 3 is 2.27 bits per heavy atom. The largest absolute Gasteiger partial charge is 0.457 e. The topological polar surface area (TPSA) is 44.1 Å². The molecule has 0 aliphatic rings. The minimum Gasteiger partial charge on any atom is -0.457 e. The third-order valence-electron chi connectivity index (χ3n) is 3.11. The fourth-order valence-corrected chi connectivity index (χ4v) is 2.11. The van der Waals surface area contributed by atoms with Gasteiger partial charge in [0.2, 0.25) is 0 Å². The van der Waals surface area contributed by atoms with Crippen molar-refractivity contribution in [2.45, 2.75) is 6.54 Å². The van der Waals surface area contributed by atoms with Crippen LogP contribution in [-0.4, -0.2) is 15.3 Å². The van der Waals surface area contributed by atoms with Crippen LogP contribution in [0.3, 0.4) is 0 Å². The molecule has 0 bridgehead atoms. The SMILES string of the molecule is O=C(Cn1ccnc1)c1ccc(Oc2ccc(Cl)cc2)cc1. The molecule has 110 valence electrons. The van der Waals surface area contributed by atoms with Gasteiger partial charge in [-0.25, -0.2) is 4.98 Å². The summed E-state index contributed by atoms with van der Waals surface area (Å²) in [7, 11) is 0. The Hall–Kier alpha value is -2.59. The van der Waals surface area contributed by atoms with Crippen LogP contribution in [0.15, 0.2) is 67.3 Å². The lowest BCUT2D eigenvalue weighted by molar-refractivity contribution is 0.0972. The van der Waals surface area contributed by atoms with Crippen molar-refractivity contribution >= 4 is 17.4 Å². The van der Waals surface area contributed by atoms with Gasteiger partial charge in [0.1, 0.15) is 11.5 Å². The lowest BCUT2D eigenvalue weighted by Gasteiger charge is -2.07. The van der Waals surface area contributed by atoms with Crippen LogP contribution in [-0.2, 0) is 6.54 Å². The summed E-state index contributed by atoms with van der Waals surface area (Å²) in [5.74, 6) is 1.39. The molecule has 0 spiro atoms. The van der Waals surface area contributed by atoms with E-state index in [9.17, 15) is 4.79 Å². The van der Waals surface area contributed by atoms with Crippen LogP contribution in [0.1, 0.15) is 10.4 Å². The van der Waals surface area contributed by atoms with Crippen LogP contribution in [0.5, 0.6) is 11.5 Å². The molecule has 0 atom stereocenters. The number of ether oxygens (including phenoxy) is 1. The Morgan fingerprint density at radius 1 is 1.05 bits per heavy atom. The zero-order valence-corrected chi connectivity index (χ0v) is 12.4. The van der Waals surface area contributed by atoms with Crippen molar-refractivity contribution in [3.05, 3.63) is 77.8 Å². The molecule has 0 N–H and O–H groups in total. The van der Waals surface area contributed by atoms with Gasteiger partial charge in [0.25, 0.3) is 0 Å². The third-order valence-corrected chi connectivity index (χ3v) is 3.36. The van der Waals surface area contributed by atoms with Crippen molar-refractivity contribution < 1.29 is 9.53 Å². The first-order chi connectivity index (χ1) is 10.7. The molecule has 0 unspecified atom stereocenters. The van der Waals surface area contributed by atoms with E-state index in [1.807, 2.05) is 0 Å². The van der Waals surface area contributed by atoms with Crippen molar-refractivity contribution in [3.63, 3.8) is 0 Å². The maximum atomic E-state index is 12.1. The van der Waals surface area contributed by atoms with Crippen molar-refractivity contribution in [2.75, 3.05) is 0 Å². The van der Waals surface area contributed by atoms with Crippen LogP contribution in [0, 0.1) is 0 Å². The number of imidazole rings is 1. The number of carbonyl (C=O) groups excluding carboxylic acids is 1. The number of hydrogen-bond donors (Lipinski definition) is 0. The van der Waals surface area contributed by atoms with Crippen molar-refractivity contribution in [2.24, 2.45) is 0 Å². The van der Waals surface area contributed by atoms with Crippen molar-refractivity contribution in [1.82, 2.24) is 9.55 Å². The van der Waals surface area contributed by atoms with Gasteiger partial charge in [-0.05, 0) is 48.5 Å². The highest BCUT2D eigenvalue weighted by Crippen LogP contribution is 2.23. The van der Waals surface area contributed by atoms with Crippen LogP contribution >= 0.6 is 11.6 Å². The fourth-order valence-electron chi connectivity index (χ4n) is 1.98. The Bertz CT molecular complexity index is 750. The van der Waals surface area contributed by atoms with Crippen molar-refractivity contribution in [1.29, 1.82) is 0 Å². The zero-order valence-electron chi connectivity index (χ0n) is 11.6. The average molecular weight is 313 g/mol. The Morgan fingerprint density at radius 2 is 1.68 bits per heavy atom. The summed E-state index contributed by atoms with van der Waals surface area (Å²) in [5.41, 5.74) is 0.636. The summed E-state index contributed by atoms with van der Waals surface area (Å²) in [6.07, 6.45) is 5.03. The highest BCUT2D eigenvalue weighted by atomic mass is 35.5. The lowest BCUT2D eigenvalue weighted by atomic mass is 10.1. The van der Waals surface area contributed by atoms with E-state index in [1.165, 1.54) is 0 Å². The van der Waals surface area contributed by atoms with Gasteiger partial charge in [0.15, 0.2) is 5.78 Å². The summed E-state index contributed by atoms with van der Waals surface area (Å²) in [4.78, 5) is 16.0. The molecule has 0 aliphatic heterocycles. The number of ketones is 1. The summed E-state index contributed by atoms with van der Waals surface area (Å²) < 4.78 is 7.43. The molecule has 0 fully saturated rings. The molecule has 22 heavy (non-hydrogen) atoms. The molecule has 5 heteroatoms. The Labute approximate surface area is 132 Å². The summed E-state index contributed by atoms with van der Waals surface area (Å²) in [6.45, 7) is 0.275. The van der Waals surface area contributed by atoms with Gasteiger partial charge in [0, 0.05) is 23.0 Å². The lowest BCUT2D eigenvalue weighted by Crippen LogP contribution is -2.08. The summed E-state index contributed by atoms with van der Waals surface area (Å²) in [6, 6.07) is 14.2. The van der Waals surface area contributed by atoms with E-state index in [0.717, 1.165) is 0 Å². The fraction of sp³-hybridized carbons (Fsp3) is 0.0588. The quantitative estimate of drug-likeness (QED) is 0.663. The first-order valence-corrected chi connectivity index (χ1v) is 7.11. The molecule has 4 nitrogen and oxygen atoms in total. The highest BCUT2D eigenvalue weighted by Gasteiger charge is 2.07. The monoisotopic (exact) mass is 312 g/mol. The second-order valence-corrected chi connectivity index (χ2v) is 5.17. The number of nitrogens with zero attached hydrogens (tertiary/aromatic N) is 2. The number of aromatic nitrogens is 2. The van der Waals surface area contributed by atoms with Crippen molar-refractivity contribution in [3.8, 4) is 11.5 Å². The molecule has 1 aromatic heterocycles. The van der Waals surface area contributed by atoms with E-state index < -0.39 is 0 Å². The minimum absolute atomic E-state index is 0.0241. The zero-order chi connectivity index (χ0) is 15.4. The van der Waals surface area contributed by atoms with Crippen LogP contribution in [0.25, 0.3) is 0 Å². The number of Topliss-reactive ketones (excluding diaryl/α,β-unsaturated/α-hetero) is 1. The molecule has 0 radical (unpaired) electrons. The molecule has 3 rings (SSSR count). The number of halogens is 1. The van der Waals surface area contributed by atoms with E-state index in [2.05, 4.69) is 4.98 Å². The predicted molar refractivity (Wildman–Crippen MR) is 84.5 cm³/mol. The van der Waals surface area contributed by atoms with E-state index in [0.29, 0.717) is 22.1 Å². The third kappa shape index (κ3) is 3.54. The van der Waals surface area contributed by atoms with Gasteiger partial charge in [-0.3, -0.25) is 4.79 Å². The molecule has 1 heterocycles. The molecule has 2 aromatic carbocycles. The first-order valence-electron chi connectivity index (χ1n) is 6.73. The molecular formula is C17H13ClN2O2. The Balaban J connectivity index is 1.67. The number of hydrogen-bond acceptors (Lipinski definition) is 3. The van der Waals surface area contributed by atoms with E-state index in [1.54, 1.807) is 71.8 Å². The summed E-state index contributed by atoms with van der Waals surface area (Å²) in [5, 5.41) is 0.660. The molecular weight excluding hydrogens is 300 g/mol. The number of rotatable bonds is 5. The first kappa shape index (κ1) is 14.4. The standard InChI is InChI=1S/C17H13ClN2O2/c18-14-3-7-16(8-4-14)22-15-5-1-13(2-6-15)17(21)11-20-10-9-19-12-20/h1-10,12H,11H2. The van der Waals surface area contributed by atoms with E-state index in [-0.39, 0.29) is 12.3 Å². The number of carbonyl (C=O) groups is 1. The van der Waals surface area contributed by atoms with E-state index >= 15 is 0 Å². The second-order valence-electron chi connectivity index (χ2n) is 4.74. The molecule has 0 saturated carbocycles. The summed E-state index contributed by atoms with van der Waals surface area (Å²) >= 11 is 5.83. The second kappa shape index (κ2) is 6.45. The molecule has 0 amide bonds. The number of benzene rings is 2. The highest BCUT2D eigenvalue weighted by molar-refractivity contribution is 6.30. The van der Waals surface area contributed by atoms with Crippen LogP contribution in [0.2, 0.25) is 5.02 Å². The van der Waals surface area contributed by atoms with Gasteiger partial charge < -0.3 is 9.30 Å². The smallest absolute Gasteiger partial charge is 0.182 e. The minimum atomic E-state index is 0.0241. The maximum absolute atomic E-state index is 12.1. The van der Waals surface area contributed by atoms with Gasteiger partial charge >= 0.3 is 0 Å². The van der Waals surface area contributed by atoms with E-state index in [4.69, 9.17) is 16.3 Å². The average Bonchev–Trinajstić information content (AvgIpc) is 3.03. The van der Waals surface area contributed by atoms with Gasteiger partial charge in [0.05, 0.1) is 12.9 Å². The Kier molecular flexibility index (Phi) is 4.21. The van der Waals surface area contributed by atoms with Gasteiger partial charge in [-0.2, -0.15) is 0 Å². The maximum Gasteiger partial charge on any atom is 0.182 e. The van der Waals surface area contributed by atoms with Gasteiger partial charge in [-0.15, -0.1) is 0 Å². The predicted octanol–water partition coefficient (Wildman–Crippen LogP) is 4.21. The van der Waals surface area contributed by atoms with Gasteiger partial charge in [-0.1, -0.05) is 11.6 Å². The molecule has 0 aliphatic carbocycles. The van der Waals surface area contributed by atoms with Crippen LogP contribution in [0.4, 0.5) is 0 Å².